The SMILES string of the molecule is CC(NCC1CCN(C(C)C)C1)C1CCCN(C)C1. The first-order valence-electron chi connectivity index (χ1n) is 8.22. The molecule has 0 aromatic heterocycles. The number of hydrogen-bond acceptors (Lipinski definition) is 3. The van der Waals surface area contributed by atoms with Crippen molar-refractivity contribution in [3.05, 3.63) is 0 Å². The van der Waals surface area contributed by atoms with Crippen molar-refractivity contribution in [2.75, 3.05) is 39.8 Å². The maximum Gasteiger partial charge on any atom is 0.00793 e. The third-order valence-electron chi connectivity index (χ3n) is 5.14. The van der Waals surface area contributed by atoms with Crippen molar-refractivity contribution in [3.63, 3.8) is 0 Å². The molecular weight excluding hydrogens is 234 g/mol. The van der Waals surface area contributed by atoms with Gasteiger partial charge in [0.15, 0.2) is 0 Å². The van der Waals surface area contributed by atoms with Crippen LogP contribution in [0.25, 0.3) is 0 Å². The molecule has 2 aliphatic heterocycles. The van der Waals surface area contributed by atoms with Gasteiger partial charge in [0.05, 0.1) is 0 Å². The first kappa shape index (κ1) is 15.3. The zero-order chi connectivity index (χ0) is 13.8. The molecule has 1 N–H and O–H groups in total. The van der Waals surface area contributed by atoms with Gasteiger partial charge in [-0.2, -0.15) is 0 Å². The first-order chi connectivity index (χ1) is 9.06. The number of nitrogens with one attached hydrogen (secondary N) is 1. The lowest BCUT2D eigenvalue weighted by Crippen LogP contribution is -2.44. The van der Waals surface area contributed by atoms with Gasteiger partial charge in [0.1, 0.15) is 0 Å². The van der Waals surface area contributed by atoms with Crippen LogP contribution in [0.1, 0.15) is 40.0 Å². The Bertz CT molecular complexity index is 267. The number of piperidine rings is 1. The second kappa shape index (κ2) is 7.05. The van der Waals surface area contributed by atoms with E-state index in [2.05, 4.69) is 42.9 Å². The summed E-state index contributed by atoms with van der Waals surface area (Å²) in [6.45, 7) is 13.4. The molecule has 3 atom stereocenters. The summed E-state index contributed by atoms with van der Waals surface area (Å²) in [5, 5.41) is 3.82. The molecule has 2 fully saturated rings. The molecule has 3 heteroatoms. The van der Waals surface area contributed by atoms with E-state index in [4.69, 9.17) is 0 Å². The van der Waals surface area contributed by atoms with Crippen LogP contribution >= 0.6 is 0 Å². The Hall–Kier alpha value is -0.120. The van der Waals surface area contributed by atoms with Crippen LogP contribution in [0.5, 0.6) is 0 Å². The third kappa shape index (κ3) is 4.44. The minimum atomic E-state index is 0.677. The van der Waals surface area contributed by atoms with Crippen molar-refractivity contribution >= 4 is 0 Å². The average Bonchev–Trinajstić information content (AvgIpc) is 2.85. The van der Waals surface area contributed by atoms with Crippen LogP contribution in [0.2, 0.25) is 0 Å². The van der Waals surface area contributed by atoms with E-state index in [-0.39, 0.29) is 0 Å². The Morgan fingerprint density at radius 2 is 1.89 bits per heavy atom. The van der Waals surface area contributed by atoms with Gasteiger partial charge >= 0.3 is 0 Å². The molecule has 0 bridgehead atoms. The van der Waals surface area contributed by atoms with E-state index >= 15 is 0 Å². The van der Waals surface area contributed by atoms with Gasteiger partial charge in [0.2, 0.25) is 0 Å². The molecule has 0 aromatic carbocycles. The fourth-order valence-electron chi connectivity index (χ4n) is 3.63. The Morgan fingerprint density at radius 1 is 1.11 bits per heavy atom. The Morgan fingerprint density at radius 3 is 2.53 bits per heavy atom. The van der Waals surface area contributed by atoms with Gasteiger partial charge in [-0.1, -0.05) is 0 Å². The monoisotopic (exact) mass is 267 g/mol. The molecule has 0 aliphatic carbocycles. The Balaban J connectivity index is 1.67. The molecule has 19 heavy (non-hydrogen) atoms. The lowest BCUT2D eigenvalue weighted by Gasteiger charge is -2.34. The summed E-state index contributed by atoms with van der Waals surface area (Å²) in [4.78, 5) is 5.10. The zero-order valence-electron chi connectivity index (χ0n) is 13.4. The second-order valence-electron chi connectivity index (χ2n) is 7.10. The molecule has 2 heterocycles. The van der Waals surface area contributed by atoms with Gasteiger partial charge in [-0.3, -0.25) is 0 Å². The van der Waals surface area contributed by atoms with Crippen LogP contribution in [0.3, 0.4) is 0 Å². The zero-order valence-corrected chi connectivity index (χ0v) is 13.4. The fraction of sp³-hybridized carbons (Fsp3) is 1.00. The number of nitrogens with zero attached hydrogens (tertiary/aromatic N) is 2. The van der Waals surface area contributed by atoms with Crippen LogP contribution in [-0.2, 0) is 0 Å². The smallest absolute Gasteiger partial charge is 0.00793 e. The highest BCUT2D eigenvalue weighted by Gasteiger charge is 2.26. The van der Waals surface area contributed by atoms with Crippen molar-refractivity contribution in [3.8, 4) is 0 Å². The van der Waals surface area contributed by atoms with Crippen LogP contribution in [0.15, 0.2) is 0 Å². The quantitative estimate of drug-likeness (QED) is 0.822. The number of likely N-dealkylation sites (tertiary alicyclic amines) is 2. The molecule has 3 unspecified atom stereocenters. The molecule has 3 nitrogen and oxygen atoms in total. The summed E-state index contributed by atoms with van der Waals surface area (Å²) in [5.74, 6) is 1.72. The summed E-state index contributed by atoms with van der Waals surface area (Å²) in [6, 6.07) is 1.39. The summed E-state index contributed by atoms with van der Waals surface area (Å²) in [5.41, 5.74) is 0. The maximum absolute atomic E-state index is 3.82. The summed E-state index contributed by atoms with van der Waals surface area (Å²) in [6.07, 6.45) is 4.15. The van der Waals surface area contributed by atoms with Gasteiger partial charge in [-0.05, 0) is 78.6 Å². The highest BCUT2D eigenvalue weighted by Crippen LogP contribution is 2.21. The van der Waals surface area contributed by atoms with Crippen molar-refractivity contribution in [2.45, 2.75) is 52.1 Å². The molecule has 0 saturated carbocycles. The largest absolute Gasteiger partial charge is 0.314 e. The van der Waals surface area contributed by atoms with Gasteiger partial charge in [0.25, 0.3) is 0 Å². The lowest BCUT2D eigenvalue weighted by atomic mass is 9.91. The molecule has 2 rings (SSSR count). The van der Waals surface area contributed by atoms with Gasteiger partial charge < -0.3 is 15.1 Å². The topological polar surface area (TPSA) is 18.5 Å². The van der Waals surface area contributed by atoms with E-state index in [1.807, 2.05) is 0 Å². The molecule has 0 spiro atoms. The number of rotatable bonds is 5. The van der Waals surface area contributed by atoms with E-state index in [9.17, 15) is 0 Å². The van der Waals surface area contributed by atoms with E-state index in [1.165, 1.54) is 52.0 Å². The molecule has 0 radical (unpaired) electrons. The van der Waals surface area contributed by atoms with E-state index in [1.54, 1.807) is 0 Å². The summed E-state index contributed by atoms with van der Waals surface area (Å²) < 4.78 is 0. The Kier molecular flexibility index (Phi) is 5.67. The van der Waals surface area contributed by atoms with Crippen molar-refractivity contribution in [1.82, 2.24) is 15.1 Å². The van der Waals surface area contributed by atoms with E-state index in [0.29, 0.717) is 6.04 Å². The van der Waals surface area contributed by atoms with Crippen molar-refractivity contribution in [2.24, 2.45) is 11.8 Å². The third-order valence-corrected chi connectivity index (χ3v) is 5.14. The lowest BCUT2D eigenvalue weighted by molar-refractivity contribution is 0.176. The van der Waals surface area contributed by atoms with Gasteiger partial charge in [-0.15, -0.1) is 0 Å². The van der Waals surface area contributed by atoms with Gasteiger partial charge in [-0.25, -0.2) is 0 Å². The van der Waals surface area contributed by atoms with Crippen LogP contribution in [-0.4, -0.2) is 61.7 Å². The maximum atomic E-state index is 3.82. The van der Waals surface area contributed by atoms with Crippen LogP contribution in [0, 0.1) is 11.8 Å². The fourth-order valence-corrected chi connectivity index (χ4v) is 3.63. The first-order valence-corrected chi connectivity index (χ1v) is 8.22. The highest BCUT2D eigenvalue weighted by molar-refractivity contribution is 4.83. The summed E-state index contributed by atoms with van der Waals surface area (Å²) in [7, 11) is 2.26. The summed E-state index contributed by atoms with van der Waals surface area (Å²) >= 11 is 0. The van der Waals surface area contributed by atoms with E-state index < -0.39 is 0 Å². The molecule has 0 amide bonds. The van der Waals surface area contributed by atoms with Crippen molar-refractivity contribution < 1.29 is 0 Å². The molecule has 2 aliphatic rings. The number of hydrogen-bond donors (Lipinski definition) is 1. The van der Waals surface area contributed by atoms with Crippen LogP contribution < -0.4 is 5.32 Å². The molecule has 0 aromatic rings. The predicted molar refractivity (Wildman–Crippen MR) is 82.5 cm³/mol. The Labute approximate surface area is 119 Å². The highest BCUT2D eigenvalue weighted by atomic mass is 15.2. The molecule has 2 saturated heterocycles. The molecular formula is C16H33N3. The standard InChI is InChI=1S/C16H33N3/c1-13(2)19-9-7-15(11-19)10-17-14(3)16-6-5-8-18(4)12-16/h13-17H,5-12H2,1-4H3. The van der Waals surface area contributed by atoms with Crippen LogP contribution in [0.4, 0.5) is 0 Å². The predicted octanol–water partition coefficient (Wildman–Crippen LogP) is 2.04. The van der Waals surface area contributed by atoms with Crippen molar-refractivity contribution in [1.29, 1.82) is 0 Å². The molecule has 112 valence electrons. The minimum Gasteiger partial charge on any atom is -0.314 e. The normalized spacial score (nSPS) is 32.1. The second-order valence-corrected chi connectivity index (χ2v) is 7.10. The van der Waals surface area contributed by atoms with E-state index in [0.717, 1.165) is 17.9 Å². The minimum absolute atomic E-state index is 0.677. The van der Waals surface area contributed by atoms with Gasteiger partial charge in [0, 0.05) is 25.2 Å². The average molecular weight is 267 g/mol.